The van der Waals surface area contributed by atoms with E-state index in [1.54, 1.807) is 4.90 Å². The molecular weight excluding hydrogens is 500 g/mol. The zero-order valence-electron chi connectivity index (χ0n) is 22.2. The van der Waals surface area contributed by atoms with Crippen LogP contribution >= 0.6 is 0 Å². The summed E-state index contributed by atoms with van der Waals surface area (Å²) in [5.74, 6) is -1.27. The summed E-state index contributed by atoms with van der Waals surface area (Å²) in [5.41, 5.74) is 2.84. The van der Waals surface area contributed by atoms with Crippen molar-refractivity contribution >= 4 is 28.9 Å². The maximum absolute atomic E-state index is 13.4. The molecule has 1 aliphatic carbocycles. The number of fused-ring (bicyclic) bond motifs is 1. The number of hydrogen-bond acceptors (Lipinski definition) is 4. The highest BCUT2D eigenvalue weighted by atomic mass is 19.1. The van der Waals surface area contributed by atoms with E-state index in [0.717, 1.165) is 31.7 Å². The van der Waals surface area contributed by atoms with Crippen LogP contribution in [0.15, 0.2) is 54.7 Å². The lowest BCUT2D eigenvalue weighted by Gasteiger charge is -2.38. The first-order chi connectivity index (χ1) is 18.9. The number of carbonyl (C=O) groups is 2. The van der Waals surface area contributed by atoms with Gasteiger partial charge in [-0.3, -0.25) is 9.59 Å². The maximum Gasteiger partial charge on any atom is 0.323 e. The second-order valence-electron chi connectivity index (χ2n) is 10.7. The molecule has 1 saturated carbocycles. The Labute approximate surface area is 227 Å². The minimum absolute atomic E-state index is 0.0640. The van der Waals surface area contributed by atoms with Crippen molar-refractivity contribution in [1.82, 2.24) is 15.2 Å². The van der Waals surface area contributed by atoms with Crippen molar-refractivity contribution in [2.24, 2.45) is 5.92 Å². The number of aromatic nitrogens is 1. The zero-order valence-corrected chi connectivity index (χ0v) is 22.2. The van der Waals surface area contributed by atoms with Crippen molar-refractivity contribution in [3.05, 3.63) is 77.5 Å². The number of hydrogen-bond donors (Lipinski definition) is 2. The number of para-hydroxylation sites is 1. The van der Waals surface area contributed by atoms with E-state index in [1.807, 2.05) is 6.07 Å². The molecular formula is C31H35F2N3O3. The first kappa shape index (κ1) is 27.1. The van der Waals surface area contributed by atoms with E-state index in [2.05, 4.69) is 34.7 Å². The van der Waals surface area contributed by atoms with Gasteiger partial charge in [-0.05, 0) is 85.8 Å². The molecule has 0 bridgehead atoms. The largest absolute Gasteiger partial charge is 0.468 e. The van der Waals surface area contributed by atoms with Crippen LogP contribution < -0.4 is 5.32 Å². The van der Waals surface area contributed by atoms with Crippen molar-refractivity contribution in [3.63, 3.8) is 0 Å². The van der Waals surface area contributed by atoms with Gasteiger partial charge in [0.1, 0.15) is 17.7 Å². The number of amides is 1. The fourth-order valence-electron chi connectivity index (χ4n) is 6.18. The van der Waals surface area contributed by atoms with Crippen LogP contribution in [0, 0.1) is 17.6 Å². The van der Waals surface area contributed by atoms with Crippen LogP contribution in [0.2, 0.25) is 0 Å². The molecule has 39 heavy (non-hydrogen) atoms. The van der Waals surface area contributed by atoms with Crippen LogP contribution in [-0.4, -0.2) is 54.0 Å². The predicted octanol–water partition coefficient (Wildman–Crippen LogP) is 5.56. The maximum atomic E-state index is 13.4. The summed E-state index contributed by atoms with van der Waals surface area (Å²) in [6, 6.07) is 11.4. The molecule has 6 nitrogen and oxygen atoms in total. The molecule has 2 fully saturated rings. The minimum Gasteiger partial charge on any atom is -0.468 e. The number of likely N-dealkylation sites (tertiary alicyclic amines) is 1. The smallest absolute Gasteiger partial charge is 0.323 e. The molecule has 2 N–H and O–H groups in total. The number of halogens is 2. The lowest BCUT2D eigenvalue weighted by atomic mass is 9.80. The van der Waals surface area contributed by atoms with Crippen molar-refractivity contribution in [2.45, 2.75) is 56.5 Å². The third kappa shape index (κ3) is 6.38. The zero-order chi connectivity index (χ0) is 27.4. The summed E-state index contributed by atoms with van der Waals surface area (Å²) in [6.07, 6.45) is 10.3. The van der Waals surface area contributed by atoms with Crippen LogP contribution in [0.5, 0.6) is 0 Å². The van der Waals surface area contributed by atoms with E-state index in [-0.39, 0.29) is 23.8 Å². The number of nitrogens with one attached hydrogen (secondary N) is 2. The van der Waals surface area contributed by atoms with Gasteiger partial charge in [-0.1, -0.05) is 18.2 Å². The van der Waals surface area contributed by atoms with Gasteiger partial charge >= 0.3 is 5.97 Å². The number of rotatable bonds is 7. The Morgan fingerprint density at radius 3 is 2.41 bits per heavy atom. The summed E-state index contributed by atoms with van der Waals surface area (Å²) in [4.78, 5) is 30.5. The molecule has 2 aliphatic rings. The van der Waals surface area contributed by atoms with Crippen LogP contribution in [0.1, 0.15) is 55.6 Å². The Bertz CT molecular complexity index is 1320. The number of esters is 1. The SMILES string of the molecule is COC(=O)C(NC1CCC(c2c[nH]c3ccccc23)CC1)C1CCN(C(=O)/C=C/c2cc(F)cc(F)c2)CC1. The van der Waals surface area contributed by atoms with Crippen LogP contribution in [0.3, 0.4) is 0 Å². The second kappa shape index (κ2) is 12.1. The van der Waals surface area contributed by atoms with Crippen molar-refractivity contribution in [2.75, 3.05) is 20.2 Å². The Kier molecular flexibility index (Phi) is 8.41. The molecule has 8 heteroatoms. The molecule has 1 atom stereocenters. The molecule has 1 aliphatic heterocycles. The van der Waals surface area contributed by atoms with Gasteiger partial charge in [0.25, 0.3) is 0 Å². The van der Waals surface area contributed by atoms with E-state index in [0.29, 0.717) is 37.4 Å². The van der Waals surface area contributed by atoms with Gasteiger partial charge in [-0.25, -0.2) is 8.78 Å². The monoisotopic (exact) mass is 535 g/mol. The first-order valence-electron chi connectivity index (χ1n) is 13.7. The van der Waals surface area contributed by atoms with Gasteiger partial charge in [0, 0.05) is 48.4 Å². The summed E-state index contributed by atoms with van der Waals surface area (Å²) in [7, 11) is 1.42. The van der Waals surface area contributed by atoms with Crippen molar-refractivity contribution in [3.8, 4) is 0 Å². The van der Waals surface area contributed by atoms with E-state index in [1.165, 1.54) is 47.9 Å². The highest BCUT2D eigenvalue weighted by Gasteiger charge is 2.35. The molecule has 0 radical (unpaired) electrons. The lowest BCUT2D eigenvalue weighted by molar-refractivity contribution is -0.145. The highest BCUT2D eigenvalue weighted by molar-refractivity contribution is 5.91. The van der Waals surface area contributed by atoms with E-state index in [4.69, 9.17) is 4.74 Å². The van der Waals surface area contributed by atoms with Gasteiger partial charge in [-0.15, -0.1) is 0 Å². The summed E-state index contributed by atoms with van der Waals surface area (Å²) in [5, 5.41) is 4.90. The summed E-state index contributed by atoms with van der Waals surface area (Å²) < 4.78 is 32.0. The summed E-state index contributed by atoms with van der Waals surface area (Å²) >= 11 is 0. The number of methoxy groups -OCH3 is 1. The number of H-pyrrole nitrogens is 1. The molecule has 1 aromatic heterocycles. The van der Waals surface area contributed by atoms with Gasteiger partial charge < -0.3 is 19.9 Å². The van der Waals surface area contributed by atoms with Gasteiger partial charge in [0.15, 0.2) is 0 Å². The van der Waals surface area contributed by atoms with Crippen LogP contribution in [-0.2, 0) is 14.3 Å². The fourth-order valence-corrected chi connectivity index (χ4v) is 6.18. The van der Waals surface area contributed by atoms with Crippen LogP contribution in [0.25, 0.3) is 17.0 Å². The number of piperidine rings is 1. The molecule has 206 valence electrons. The van der Waals surface area contributed by atoms with Crippen molar-refractivity contribution < 1.29 is 23.1 Å². The van der Waals surface area contributed by atoms with Gasteiger partial charge in [-0.2, -0.15) is 0 Å². The highest BCUT2D eigenvalue weighted by Crippen LogP contribution is 2.37. The normalized spacial score (nSPS) is 21.4. The molecule has 5 rings (SSSR count). The minimum atomic E-state index is -0.685. The Morgan fingerprint density at radius 1 is 1.03 bits per heavy atom. The molecule has 3 aromatic rings. The molecule has 2 aromatic carbocycles. The van der Waals surface area contributed by atoms with Crippen molar-refractivity contribution in [1.29, 1.82) is 0 Å². The Hall–Kier alpha value is -3.52. The first-order valence-corrected chi connectivity index (χ1v) is 13.7. The third-order valence-corrected chi connectivity index (χ3v) is 8.28. The van der Waals surface area contributed by atoms with E-state index in [9.17, 15) is 18.4 Å². The number of benzene rings is 2. The van der Waals surface area contributed by atoms with Crippen LogP contribution in [0.4, 0.5) is 8.78 Å². The fraction of sp³-hybridized carbons (Fsp3) is 0.419. The van der Waals surface area contributed by atoms with Gasteiger partial charge in [0.05, 0.1) is 7.11 Å². The number of ether oxygens (including phenoxy) is 1. The summed E-state index contributed by atoms with van der Waals surface area (Å²) in [6.45, 7) is 1.02. The molecule has 0 spiro atoms. The topological polar surface area (TPSA) is 74.4 Å². The lowest BCUT2D eigenvalue weighted by Crippen LogP contribution is -2.52. The Balaban J connectivity index is 1.14. The number of nitrogens with zero attached hydrogens (tertiary/aromatic N) is 1. The second-order valence-corrected chi connectivity index (χ2v) is 10.7. The third-order valence-electron chi connectivity index (χ3n) is 8.28. The molecule has 1 amide bonds. The molecule has 1 unspecified atom stereocenters. The standard InChI is InChI=1S/C31H35F2N3O3/c1-39-31(38)30(35-25-9-7-21(8-10-25)27-19-34-28-5-3-2-4-26(27)28)22-12-14-36(15-13-22)29(37)11-6-20-16-23(32)18-24(33)17-20/h2-6,11,16-19,21-22,25,30,34-35H,7-10,12-15H2,1H3/b11-6+. The molecule has 1 saturated heterocycles. The predicted molar refractivity (Wildman–Crippen MR) is 147 cm³/mol. The van der Waals surface area contributed by atoms with E-state index >= 15 is 0 Å². The number of aromatic amines is 1. The Morgan fingerprint density at radius 2 is 1.72 bits per heavy atom. The van der Waals surface area contributed by atoms with E-state index < -0.39 is 17.7 Å². The average molecular weight is 536 g/mol. The molecule has 2 heterocycles. The van der Waals surface area contributed by atoms with Gasteiger partial charge in [0.2, 0.25) is 5.91 Å². The average Bonchev–Trinajstić information content (AvgIpc) is 3.38. The number of carbonyl (C=O) groups excluding carboxylic acids is 2. The quantitative estimate of drug-likeness (QED) is 0.307.